The highest BCUT2D eigenvalue weighted by molar-refractivity contribution is 6.34. The van der Waals surface area contributed by atoms with Gasteiger partial charge in [-0.05, 0) is 38.0 Å². The molecule has 0 aliphatic carbocycles. The summed E-state index contributed by atoms with van der Waals surface area (Å²) in [6.07, 6.45) is 6.31. The normalized spacial score (nSPS) is 14.0. The molecule has 0 saturated heterocycles. The summed E-state index contributed by atoms with van der Waals surface area (Å²) in [5, 5.41) is 0.301. The third kappa shape index (κ3) is 7.91. The van der Waals surface area contributed by atoms with Gasteiger partial charge in [0.2, 0.25) is 5.88 Å². The van der Waals surface area contributed by atoms with Crippen LogP contribution in [-0.4, -0.2) is 24.2 Å². The van der Waals surface area contributed by atoms with Gasteiger partial charge in [0.1, 0.15) is 0 Å². The maximum atomic E-state index is 12.3. The van der Waals surface area contributed by atoms with E-state index < -0.39 is 13.0 Å². The van der Waals surface area contributed by atoms with Crippen molar-refractivity contribution in [1.29, 1.82) is 0 Å². The number of ether oxygens (including phenoxy) is 1. The van der Waals surface area contributed by atoms with E-state index in [4.69, 9.17) is 22.1 Å². The van der Waals surface area contributed by atoms with Crippen LogP contribution >= 0.6 is 11.6 Å². The molecule has 0 radical (unpaired) electrons. The molecule has 0 fully saturated rings. The molecule has 1 aromatic heterocycles. The number of nitrogens with zero attached hydrogens (tertiary/aromatic N) is 2. The van der Waals surface area contributed by atoms with Crippen LogP contribution in [-0.2, 0) is 0 Å². The minimum Gasteiger partial charge on any atom is -0.471 e. The number of halogens is 3. The number of aryl methyl sites for hydroxylation is 1. The van der Waals surface area contributed by atoms with Crippen molar-refractivity contribution in [3.8, 4) is 5.88 Å². The SMILES string of the molecule is C=C(Cl)C(C=NC(C)c1cnc(OCC(F)F)c(C)c1)=C(N)/C=C\CCC. The number of alkyl halides is 2. The molecule has 0 amide bonds. The summed E-state index contributed by atoms with van der Waals surface area (Å²) in [7, 11) is 0. The Morgan fingerprint density at radius 2 is 2.19 bits per heavy atom. The summed E-state index contributed by atoms with van der Waals surface area (Å²) in [4.78, 5) is 8.56. The van der Waals surface area contributed by atoms with E-state index in [2.05, 4.69) is 23.5 Å². The standard InChI is InChI=1S/C20H26ClF2N3O/c1-5-6-7-8-18(24)17(14(3)21)11-25-15(4)16-9-13(2)20(26-10-16)27-12-19(22)23/h7-11,15,19H,3,5-6,12,24H2,1-2,4H3/b8-7-,18-17?,25-11?. The fourth-order valence-corrected chi connectivity index (χ4v) is 2.30. The smallest absolute Gasteiger partial charge is 0.272 e. The van der Waals surface area contributed by atoms with Crippen LogP contribution < -0.4 is 10.5 Å². The quantitative estimate of drug-likeness (QED) is 0.419. The van der Waals surface area contributed by atoms with Crippen LogP contribution in [0.3, 0.4) is 0 Å². The molecule has 27 heavy (non-hydrogen) atoms. The number of nitrogens with two attached hydrogens (primary N) is 1. The van der Waals surface area contributed by atoms with Crippen molar-refractivity contribution in [1.82, 2.24) is 4.98 Å². The third-order valence-electron chi connectivity index (χ3n) is 3.66. The molecule has 0 aromatic carbocycles. The average Bonchev–Trinajstić information content (AvgIpc) is 2.60. The molecule has 1 atom stereocenters. The Bertz CT molecular complexity index is 730. The maximum Gasteiger partial charge on any atom is 0.272 e. The van der Waals surface area contributed by atoms with Gasteiger partial charge in [0.25, 0.3) is 6.43 Å². The van der Waals surface area contributed by atoms with Crippen LogP contribution in [0.5, 0.6) is 5.88 Å². The summed E-state index contributed by atoms with van der Waals surface area (Å²) < 4.78 is 29.5. The summed E-state index contributed by atoms with van der Waals surface area (Å²) in [5.74, 6) is 0.190. The van der Waals surface area contributed by atoms with E-state index in [1.807, 2.05) is 13.0 Å². The van der Waals surface area contributed by atoms with Gasteiger partial charge in [0, 0.05) is 34.3 Å². The zero-order valence-electron chi connectivity index (χ0n) is 15.9. The highest BCUT2D eigenvalue weighted by atomic mass is 35.5. The lowest BCUT2D eigenvalue weighted by Gasteiger charge is -2.12. The molecule has 148 valence electrons. The van der Waals surface area contributed by atoms with Crippen molar-refractivity contribution in [2.45, 2.75) is 46.1 Å². The second kappa shape index (κ2) is 11.5. The molecular weight excluding hydrogens is 372 g/mol. The van der Waals surface area contributed by atoms with E-state index >= 15 is 0 Å². The van der Waals surface area contributed by atoms with Gasteiger partial charge in [-0.25, -0.2) is 13.8 Å². The Balaban J connectivity index is 2.94. The molecule has 1 heterocycles. The number of unbranched alkanes of at least 4 members (excludes halogenated alkanes) is 1. The number of aromatic nitrogens is 1. The highest BCUT2D eigenvalue weighted by Gasteiger charge is 2.11. The predicted octanol–water partition coefficient (Wildman–Crippen LogP) is 5.49. The van der Waals surface area contributed by atoms with Crippen LogP contribution in [0.1, 0.15) is 43.9 Å². The van der Waals surface area contributed by atoms with Crippen molar-refractivity contribution in [2.75, 3.05) is 6.61 Å². The van der Waals surface area contributed by atoms with Gasteiger partial charge in [0.15, 0.2) is 6.61 Å². The van der Waals surface area contributed by atoms with E-state index in [-0.39, 0.29) is 11.9 Å². The van der Waals surface area contributed by atoms with Crippen molar-refractivity contribution >= 4 is 17.8 Å². The molecule has 0 saturated carbocycles. The first-order chi connectivity index (χ1) is 12.8. The minimum absolute atomic E-state index is 0.190. The van der Waals surface area contributed by atoms with Crippen LogP contribution in [0.25, 0.3) is 0 Å². The molecule has 1 unspecified atom stereocenters. The van der Waals surface area contributed by atoms with Crippen LogP contribution in [0.15, 0.2) is 52.3 Å². The Kier molecular flexibility index (Phi) is 9.72. The summed E-state index contributed by atoms with van der Waals surface area (Å²) in [6, 6.07) is 1.57. The molecule has 0 bridgehead atoms. The van der Waals surface area contributed by atoms with E-state index in [9.17, 15) is 8.78 Å². The van der Waals surface area contributed by atoms with Crippen LogP contribution in [0, 0.1) is 6.92 Å². The number of pyridine rings is 1. The third-order valence-corrected chi connectivity index (χ3v) is 3.87. The number of rotatable bonds is 10. The molecule has 0 aliphatic rings. The number of hydrogen-bond acceptors (Lipinski definition) is 4. The fraction of sp³-hybridized carbons (Fsp3) is 0.400. The summed E-state index contributed by atoms with van der Waals surface area (Å²) in [5.41, 5.74) is 8.57. The highest BCUT2D eigenvalue weighted by Crippen LogP contribution is 2.23. The van der Waals surface area contributed by atoms with Crippen molar-refractivity contribution in [3.63, 3.8) is 0 Å². The maximum absolute atomic E-state index is 12.3. The Hall–Kier alpha value is -2.21. The zero-order chi connectivity index (χ0) is 20.4. The average molecular weight is 398 g/mol. The minimum atomic E-state index is -2.54. The van der Waals surface area contributed by atoms with E-state index in [1.54, 1.807) is 31.5 Å². The summed E-state index contributed by atoms with van der Waals surface area (Å²) >= 11 is 6.04. The van der Waals surface area contributed by atoms with E-state index in [0.29, 0.717) is 21.9 Å². The molecule has 4 nitrogen and oxygen atoms in total. The van der Waals surface area contributed by atoms with Crippen molar-refractivity contribution in [3.05, 3.63) is 58.4 Å². The first kappa shape index (κ1) is 22.8. The van der Waals surface area contributed by atoms with E-state index in [0.717, 1.165) is 18.4 Å². The number of aliphatic imine (C=N–C) groups is 1. The van der Waals surface area contributed by atoms with Crippen molar-refractivity contribution in [2.24, 2.45) is 10.7 Å². The zero-order valence-corrected chi connectivity index (χ0v) is 16.6. The lowest BCUT2D eigenvalue weighted by Crippen LogP contribution is -2.09. The predicted molar refractivity (Wildman–Crippen MR) is 108 cm³/mol. The van der Waals surface area contributed by atoms with Gasteiger partial charge in [-0.3, -0.25) is 4.99 Å². The molecular formula is C20H26ClF2N3O. The van der Waals surface area contributed by atoms with Gasteiger partial charge in [-0.2, -0.15) is 0 Å². The second-order valence-corrected chi connectivity index (χ2v) is 6.47. The molecule has 0 aliphatic heterocycles. The Morgan fingerprint density at radius 1 is 1.48 bits per heavy atom. The monoisotopic (exact) mass is 397 g/mol. The molecule has 1 aromatic rings. The first-order valence-electron chi connectivity index (χ1n) is 8.67. The summed E-state index contributed by atoms with van der Waals surface area (Å²) in [6.45, 7) is 8.75. The number of allylic oxidation sites excluding steroid dienone is 4. The second-order valence-electron chi connectivity index (χ2n) is 6.01. The Morgan fingerprint density at radius 3 is 2.74 bits per heavy atom. The van der Waals surface area contributed by atoms with Gasteiger partial charge >= 0.3 is 0 Å². The molecule has 0 spiro atoms. The first-order valence-corrected chi connectivity index (χ1v) is 9.05. The van der Waals surface area contributed by atoms with Gasteiger partial charge in [-0.1, -0.05) is 37.6 Å². The van der Waals surface area contributed by atoms with Crippen LogP contribution in [0.4, 0.5) is 8.78 Å². The molecule has 1 rings (SSSR count). The van der Waals surface area contributed by atoms with E-state index in [1.165, 1.54) is 0 Å². The van der Waals surface area contributed by atoms with Crippen LogP contribution in [0.2, 0.25) is 0 Å². The van der Waals surface area contributed by atoms with Gasteiger partial charge < -0.3 is 10.5 Å². The fourth-order valence-electron chi connectivity index (χ4n) is 2.15. The Labute approximate surface area is 164 Å². The topological polar surface area (TPSA) is 60.5 Å². The lowest BCUT2D eigenvalue weighted by atomic mass is 10.1. The lowest BCUT2D eigenvalue weighted by molar-refractivity contribution is 0.0792. The van der Waals surface area contributed by atoms with Gasteiger partial charge in [-0.15, -0.1) is 0 Å². The van der Waals surface area contributed by atoms with Crippen molar-refractivity contribution < 1.29 is 13.5 Å². The molecule has 7 heteroatoms. The van der Waals surface area contributed by atoms with Gasteiger partial charge in [0.05, 0.1) is 6.04 Å². The number of hydrogen-bond donors (Lipinski definition) is 1. The largest absolute Gasteiger partial charge is 0.471 e. The molecule has 2 N–H and O–H groups in total.